The molecule has 0 aliphatic carbocycles. The third-order valence-corrected chi connectivity index (χ3v) is 3.89. The number of carbonyl (C=O) groups is 1. The molecule has 1 atom stereocenters. The van der Waals surface area contributed by atoms with Gasteiger partial charge in [-0.05, 0) is 26.0 Å². The molecule has 0 unspecified atom stereocenters. The minimum Gasteiger partial charge on any atom is -0.456 e. The van der Waals surface area contributed by atoms with Crippen molar-refractivity contribution in [2.75, 3.05) is 19.8 Å². The Morgan fingerprint density at radius 1 is 1.50 bits per heavy atom. The first-order valence-corrected chi connectivity index (χ1v) is 7.54. The molecule has 0 saturated heterocycles. The number of rotatable bonds is 4. The second-order valence-corrected chi connectivity index (χ2v) is 5.67. The van der Waals surface area contributed by atoms with Gasteiger partial charge in [0.2, 0.25) is 0 Å². The first-order valence-electron chi connectivity index (χ1n) is 7.54. The van der Waals surface area contributed by atoms with Gasteiger partial charge in [-0.2, -0.15) is 5.10 Å². The molecule has 118 valence electrons. The van der Waals surface area contributed by atoms with Crippen LogP contribution in [0.1, 0.15) is 40.4 Å². The van der Waals surface area contributed by atoms with Crippen molar-refractivity contribution in [1.29, 1.82) is 0 Å². The van der Waals surface area contributed by atoms with E-state index in [2.05, 4.69) is 5.10 Å². The highest BCUT2D eigenvalue weighted by Crippen LogP contribution is 2.28. The fourth-order valence-corrected chi connectivity index (χ4v) is 2.89. The van der Waals surface area contributed by atoms with Gasteiger partial charge in [-0.1, -0.05) is 0 Å². The predicted molar refractivity (Wildman–Crippen MR) is 80.6 cm³/mol. The summed E-state index contributed by atoms with van der Waals surface area (Å²) in [6.07, 6.45) is 1.97. The van der Waals surface area contributed by atoms with Crippen LogP contribution in [0.15, 0.2) is 22.7 Å². The average Bonchev–Trinajstić information content (AvgIpc) is 3.08. The van der Waals surface area contributed by atoms with E-state index in [0.29, 0.717) is 32.1 Å². The van der Waals surface area contributed by atoms with Crippen LogP contribution in [0.4, 0.5) is 0 Å². The quantitative estimate of drug-likeness (QED) is 0.868. The SMILES string of the molecule is CCOC[C@@H]1CN(C(=O)c2ccc(C)o2)Cc2cn(C)nc21. The molecule has 6 heteroatoms. The average molecular weight is 303 g/mol. The minimum atomic E-state index is -0.0795. The highest BCUT2D eigenvalue weighted by Gasteiger charge is 2.32. The molecule has 0 radical (unpaired) electrons. The Labute approximate surface area is 129 Å². The molecule has 3 heterocycles. The second-order valence-electron chi connectivity index (χ2n) is 5.67. The van der Waals surface area contributed by atoms with Crippen molar-refractivity contribution in [3.63, 3.8) is 0 Å². The fourth-order valence-electron chi connectivity index (χ4n) is 2.89. The van der Waals surface area contributed by atoms with Gasteiger partial charge in [-0.15, -0.1) is 0 Å². The number of aryl methyl sites for hydroxylation is 2. The summed E-state index contributed by atoms with van der Waals surface area (Å²) in [6, 6.07) is 3.54. The Bertz CT molecular complexity index is 674. The monoisotopic (exact) mass is 303 g/mol. The number of aromatic nitrogens is 2. The van der Waals surface area contributed by atoms with E-state index in [-0.39, 0.29) is 11.8 Å². The zero-order valence-electron chi connectivity index (χ0n) is 13.2. The van der Waals surface area contributed by atoms with Crippen LogP contribution in [0.5, 0.6) is 0 Å². The summed E-state index contributed by atoms with van der Waals surface area (Å²) in [5.41, 5.74) is 2.12. The lowest BCUT2D eigenvalue weighted by molar-refractivity contribution is 0.0621. The van der Waals surface area contributed by atoms with Gasteiger partial charge in [0, 0.05) is 44.4 Å². The minimum absolute atomic E-state index is 0.0795. The Kier molecular flexibility index (Phi) is 4.02. The van der Waals surface area contributed by atoms with Crippen LogP contribution >= 0.6 is 0 Å². The van der Waals surface area contributed by atoms with Crippen LogP contribution < -0.4 is 0 Å². The normalized spacial score (nSPS) is 17.6. The fraction of sp³-hybridized carbons (Fsp3) is 0.500. The zero-order chi connectivity index (χ0) is 15.7. The molecule has 0 bridgehead atoms. The van der Waals surface area contributed by atoms with E-state index in [1.54, 1.807) is 10.7 Å². The Morgan fingerprint density at radius 2 is 2.32 bits per heavy atom. The van der Waals surface area contributed by atoms with Gasteiger partial charge in [0.1, 0.15) is 5.76 Å². The van der Waals surface area contributed by atoms with Crippen molar-refractivity contribution in [3.05, 3.63) is 41.1 Å². The summed E-state index contributed by atoms with van der Waals surface area (Å²) in [7, 11) is 1.90. The third-order valence-electron chi connectivity index (χ3n) is 3.89. The summed E-state index contributed by atoms with van der Waals surface area (Å²) >= 11 is 0. The Morgan fingerprint density at radius 3 is 3.00 bits per heavy atom. The molecule has 2 aromatic rings. The molecule has 0 saturated carbocycles. The summed E-state index contributed by atoms with van der Waals surface area (Å²) < 4.78 is 12.8. The van der Waals surface area contributed by atoms with Gasteiger partial charge >= 0.3 is 0 Å². The highest BCUT2D eigenvalue weighted by atomic mass is 16.5. The molecule has 1 aliphatic heterocycles. The van der Waals surface area contributed by atoms with E-state index in [0.717, 1.165) is 17.0 Å². The molecule has 0 N–H and O–H groups in total. The Hall–Kier alpha value is -2.08. The highest BCUT2D eigenvalue weighted by molar-refractivity contribution is 5.91. The van der Waals surface area contributed by atoms with E-state index in [1.807, 2.05) is 38.1 Å². The maximum Gasteiger partial charge on any atom is 0.289 e. The third kappa shape index (κ3) is 2.78. The smallest absolute Gasteiger partial charge is 0.289 e. The van der Waals surface area contributed by atoms with E-state index >= 15 is 0 Å². The number of fused-ring (bicyclic) bond motifs is 1. The molecule has 3 rings (SSSR count). The molecule has 2 aromatic heterocycles. The van der Waals surface area contributed by atoms with Crippen molar-refractivity contribution in [3.8, 4) is 0 Å². The Balaban J connectivity index is 1.84. The molecular formula is C16H21N3O3. The van der Waals surface area contributed by atoms with Crippen molar-refractivity contribution in [2.45, 2.75) is 26.3 Å². The van der Waals surface area contributed by atoms with Crippen LogP contribution in [0, 0.1) is 6.92 Å². The van der Waals surface area contributed by atoms with Gasteiger partial charge in [0.05, 0.1) is 12.3 Å². The van der Waals surface area contributed by atoms with Crippen LogP contribution in [0.3, 0.4) is 0 Å². The van der Waals surface area contributed by atoms with Crippen LogP contribution in [-0.2, 0) is 18.3 Å². The van der Waals surface area contributed by atoms with Gasteiger partial charge in [0.25, 0.3) is 5.91 Å². The summed E-state index contributed by atoms with van der Waals surface area (Å²) in [5, 5.41) is 4.53. The van der Waals surface area contributed by atoms with Gasteiger partial charge < -0.3 is 14.1 Å². The number of carbonyl (C=O) groups excluding carboxylic acids is 1. The van der Waals surface area contributed by atoms with Gasteiger partial charge in [-0.3, -0.25) is 9.48 Å². The molecular weight excluding hydrogens is 282 g/mol. The van der Waals surface area contributed by atoms with Crippen molar-refractivity contribution in [2.24, 2.45) is 7.05 Å². The van der Waals surface area contributed by atoms with Gasteiger partial charge in [0.15, 0.2) is 5.76 Å². The number of hydrogen-bond acceptors (Lipinski definition) is 4. The molecule has 0 fully saturated rings. The topological polar surface area (TPSA) is 60.5 Å². The lowest BCUT2D eigenvalue weighted by atomic mass is 9.97. The maximum absolute atomic E-state index is 12.6. The zero-order valence-corrected chi connectivity index (χ0v) is 13.2. The lowest BCUT2D eigenvalue weighted by Crippen LogP contribution is -2.39. The summed E-state index contributed by atoms with van der Waals surface area (Å²) in [6.45, 7) is 6.19. The number of nitrogens with zero attached hydrogens (tertiary/aromatic N) is 3. The maximum atomic E-state index is 12.6. The predicted octanol–water partition coefficient (Wildman–Crippen LogP) is 2.10. The molecule has 0 spiro atoms. The van der Waals surface area contributed by atoms with Crippen LogP contribution in [0.2, 0.25) is 0 Å². The van der Waals surface area contributed by atoms with Crippen LogP contribution in [0.25, 0.3) is 0 Å². The summed E-state index contributed by atoms with van der Waals surface area (Å²) in [4.78, 5) is 14.4. The van der Waals surface area contributed by atoms with E-state index in [9.17, 15) is 4.79 Å². The lowest BCUT2D eigenvalue weighted by Gasteiger charge is -2.31. The van der Waals surface area contributed by atoms with Gasteiger partial charge in [-0.25, -0.2) is 0 Å². The molecule has 1 amide bonds. The number of hydrogen-bond donors (Lipinski definition) is 0. The van der Waals surface area contributed by atoms with Crippen LogP contribution in [-0.4, -0.2) is 40.3 Å². The summed E-state index contributed by atoms with van der Waals surface area (Å²) in [5.74, 6) is 1.15. The standard InChI is InChI=1S/C16H21N3O3/c1-4-21-10-13-9-19(8-12-7-18(3)17-15(12)13)16(20)14-6-5-11(2)22-14/h5-7,13H,4,8-10H2,1-3H3/t13-/m0/s1. The first kappa shape index (κ1) is 14.8. The van der Waals surface area contributed by atoms with Crippen molar-refractivity contribution < 1.29 is 13.9 Å². The van der Waals surface area contributed by atoms with E-state index in [1.165, 1.54) is 0 Å². The molecule has 22 heavy (non-hydrogen) atoms. The molecule has 1 aliphatic rings. The number of amides is 1. The van der Waals surface area contributed by atoms with E-state index in [4.69, 9.17) is 9.15 Å². The van der Waals surface area contributed by atoms with Crippen molar-refractivity contribution in [1.82, 2.24) is 14.7 Å². The second kappa shape index (κ2) is 5.96. The van der Waals surface area contributed by atoms with Crippen molar-refractivity contribution >= 4 is 5.91 Å². The van der Waals surface area contributed by atoms with E-state index < -0.39 is 0 Å². The molecule has 6 nitrogen and oxygen atoms in total. The first-order chi connectivity index (χ1) is 10.6. The number of furan rings is 1. The number of ether oxygens (including phenoxy) is 1. The largest absolute Gasteiger partial charge is 0.456 e. The molecule has 0 aromatic carbocycles.